The fourth-order valence-electron chi connectivity index (χ4n) is 2.80. The molecular weight excluding hydrogens is 334 g/mol. The van der Waals surface area contributed by atoms with Crippen LogP contribution in [0.5, 0.6) is 5.75 Å². The highest BCUT2D eigenvalue weighted by atomic mass is 32.1. The summed E-state index contributed by atoms with van der Waals surface area (Å²) in [6.45, 7) is 0. The topological polar surface area (TPSA) is 64.9 Å². The van der Waals surface area contributed by atoms with Gasteiger partial charge in [0.2, 0.25) is 0 Å². The van der Waals surface area contributed by atoms with Crippen LogP contribution in [0.1, 0.15) is 17.4 Å². The molecule has 0 aliphatic rings. The summed E-state index contributed by atoms with van der Waals surface area (Å²) in [6, 6.07) is 9.82. The summed E-state index contributed by atoms with van der Waals surface area (Å²) in [5.41, 5.74) is 1.99. The number of hydrogen-bond acceptors (Lipinski definition) is 6. The van der Waals surface area contributed by atoms with Crippen LogP contribution in [0.3, 0.4) is 0 Å². The lowest BCUT2D eigenvalue weighted by Gasteiger charge is -2.20. The lowest BCUT2D eigenvalue weighted by molar-refractivity contribution is 0.414. The molecule has 1 N–H and O–H groups in total. The third kappa shape index (κ3) is 2.94. The van der Waals surface area contributed by atoms with Gasteiger partial charge in [0.05, 0.1) is 17.3 Å². The van der Waals surface area contributed by atoms with E-state index in [1.165, 1.54) is 0 Å². The fraction of sp³-hybridized carbons (Fsp3) is 0.167. The van der Waals surface area contributed by atoms with E-state index in [1.807, 2.05) is 47.5 Å². The molecule has 3 heterocycles. The van der Waals surface area contributed by atoms with Crippen molar-refractivity contribution in [2.24, 2.45) is 7.05 Å². The van der Waals surface area contributed by atoms with E-state index in [2.05, 4.69) is 26.3 Å². The molecule has 6 nitrogen and oxygen atoms in total. The third-order valence-electron chi connectivity index (χ3n) is 4.07. The van der Waals surface area contributed by atoms with E-state index in [-0.39, 0.29) is 6.04 Å². The summed E-state index contributed by atoms with van der Waals surface area (Å²) in [4.78, 5) is 13.3. The van der Waals surface area contributed by atoms with Crippen molar-refractivity contribution in [2.45, 2.75) is 6.04 Å². The molecule has 4 aromatic rings. The number of ether oxygens (including phenoxy) is 1. The van der Waals surface area contributed by atoms with Crippen LogP contribution in [0.2, 0.25) is 0 Å². The Morgan fingerprint density at radius 1 is 1.20 bits per heavy atom. The van der Waals surface area contributed by atoms with Crippen LogP contribution in [0.25, 0.3) is 10.2 Å². The first-order valence-corrected chi connectivity index (χ1v) is 8.70. The standard InChI is InChI=1S/C18H17N5OS/c1-23-8-7-19-18(23)15(12-4-3-5-13(10-12)24-2)22-17-16-14(6-9-25-16)20-11-21-17/h3-11,15H,1-2H3,(H,20,21,22). The Hall–Kier alpha value is -2.93. The average Bonchev–Trinajstić information content (AvgIpc) is 3.29. The minimum atomic E-state index is -0.157. The Morgan fingerprint density at radius 3 is 2.92 bits per heavy atom. The first-order valence-electron chi connectivity index (χ1n) is 7.82. The van der Waals surface area contributed by atoms with Gasteiger partial charge in [-0.1, -0.05) is 12.1 Å². The molecule has 0 aliphatic heterocycles. The molecule has 1 aromatic carbocycles. The zero-order valence-electron chi connectivity index (χ0n) is 13.9. The molecule has 0 spiro atoms. The average molecular weight is 351 g/mol. The van der Waals surface area contributed by atoms with E-state index in [1.54, 1.807) is 31.0 Å². The van der Waals surface area contributed by atoms with E-state index >= 15 is 0 Å². The highest BCUT2D eigenvalue weighted by Gasteiger charge is 2.20. The second-order valence-electron chi connectivity index (χ2n) is 5.61. The number of benzene rings is 1. The number of fused-ring (bicyclic) bond motifs is 1. The molecule has 25 heavy (non-hydrogen) atoms. The molecule has 0 saturated carbocycles. The maximum absolute atomic E-state index is 5.38. The van der Waals surface area contributed by atoms with Crippen molar-refractivity contribution in [3.8, 4) is 5.75 Å². The second kappa shape index (κ2) is 6.52. The normalized spacial score (nSPS) is 12.2. The number of aromatic nitrogens is 4. The molecule has 0 fully saturated rings. The summed E-state index contributed by atoms with van der Waals surface area (Å²) in [5, 5.41) is 5.56. The lowest BCUT2D eigenvalue weighted by atomic mass is 10.1. The van der Waals surface area contributed by atoms with Gasteiger partial charge in [0.15, 0.2) is 0 Å². The maximum atomic E-state index is 5.38. The van der Waals surface area contributed by atoms with Crippen molar-refractivity contribution in [3.05, 3.63) is 65.8 Å². The monoisotopic (exact) mass is 351 g/mol. The van der Waals surface area contributed by atoms with Gasteiger partial charge in [-0.15, -0.1) is 11.3 Å². The van der Waals surface area contributed by atoms with Crippen molar-refractivity contribution < 1.29 is 4.74 Å². The fourth-order valence-corrected chi connectivity index (χ4v) is 3.60. The van der Waals surface area contributed by atoms with Crippen LogP contribution in [0.4, 0.5) is 5.82 Å². The van der Waals surface area contributed by atoms with Gasteiger partial charge in [0, 0.05) is 19.4 Å². The Kier molecular flexibility index (Phi) is 4.07. The summed E-state index contributed by atoms with van der Waals surface area (Å²) in [7, 11) is 3.65. The molecule has 1 atom stereocenters. The Labute approximate surface area is 149 Å². The van der Waals surface area contributed by atoms with Gasteiger partial charge in [-0.2, -0.15) is 0 Å². The van der Waals surface area contributed by atoms with E-state index in [0.29, 0.717) is 0 Å². The molecule has 7 heteroatoms. The molecule has 1 unspecified atom stereocenters. The highest BCUT2D eigenvalue weighted by Crippen LogP contribution is 2.31. The van der Waals surface area contributed by atoms with Gasteiger partial charge in [0.1, 0.15) is 29.8 Å². The van der Waals surface area contributed by atoms with E-state index in [9.17, 15) is 0 Å². The molecule has 0 aliphatic carbocycles. The molecular formula is C18H17N5OS. The van der Waals surface area contributed by atoms with Crippen LogP contribution in [0.15, 0.2) is 54.4 Å². The van der Waals surface area contributed by atoms with Gasteiger partial charge in [-0.25, -0.2) is 15.0 Å². The quantitative estimate of drug-likeness (QED) is 0.595. The molecule has 3 aromatic heterocycles. The molecule has 0 amide bonds. The number of methoxy groups -OCH3 is 1. The van der Waals surface area contributed by atoms with Gasteiger partial charge in [0.25, 0.3) is 0 Å². The molecule has 0 bridgehead atoms. The smallest absolute Gasteiger partial charge is 0.148 e. The van der Waals surface area contributed by atoms with Crippen molar-refractivity contribution >= 4 is 27.4 Å². The van der Waals surface area contributed by atoms with Crippen LogP contribution >= 0.6 is 11.3 Å². The highest BCUT2D eigenvalue weighted by molar-refractivity contribution is 7.17. The number of rotatable bonds is 5. The SMILES string of the molecule is COc1cccc(C(Nc2ncnc3ccsc23)c2nccn2C)c1. The summed E-state index contributed by atoms with van der Waals surface area (Å²) >= 11 is 1.62. The third-order valence-corrected chi connectivity index (χ3v) is 4.98. The number of imidazole rings is 1. The summed E-state index contributed by atoms with van der Waals surface area (Å²) < 4.78 is 8.42. The Bertz CT molecular complexity index is 1010. The molecule has 126 valence electrons. The predicted octanol–water partition coefficient (Wildman–Crippen LogP) is 3.63. The van der Waals surface area contributed by atoms with Crippen molar-refractivity contribution in [1.29, 1.82) is 0 Å². The Morgan fingerprint density at radius 2 is 2.12 bits per heavy atom. The van der Waals surface area contributed by atoms with Crippen molar-refractivity contribution in [2.75, 3.05) is 12.4 Å². The Balaban J connectivity index is 1.80. The van der Waals surface area contributed by atoms with E-state index in [0.717, 1.165) is 33.2 Å². The predicted molar refractivity (Wildman–Crippen MR) is 99.1 cm³/mol. The van der Waals surface area contributed by atoms with Crippen LogP contribution in [0, 0.1) is 0 Å². The van der Waals surface area contributed by atoms with E-state index < -0.39 is 0 Å². The number of thiophene rings is 1. The molecule has 0 radical (unpaired) electrons. The van der Waals surface area contributed by atoms with Crippen molar-refractivity contribution in [1.82, 2.24) is 19.5 Å². The summed E-state index contributed by atoms with van der Waals surface area (Å²) in [6.07, 6.45) is 5.31. The van der Waals surface area contributed by atoms with Gasteiger partial charge in [-0.3, -0.25) is 0 Å². The minimum Gasteiger partial charge on any atom is -0.497 e. The summed E-state index contributed by atoms with van der Waals surface area (Å²) in [5.74, 6) is 2.51. The second-order valence-corrected chi connectivity index (χ2v) is 6.52. The largest absolute Gasteiger partial charge is 0.497 e. The van der Waals surface area contributed by atoms with Crippen LogP contribution in [-0.2, 0) is 7.05 Å². The molecule has 4 rings (SSSR count). The number of nitrogens with zero attached hydrogens (tertiary/aromatic N) is 4. The maximum Gasteiger partial charge on any atom is 0.148 e. The van der Waals surface area contributed by atoms with Crippen molar-refractivity contribution in [3.63, 3.8) is 0 Å². The number of aryl methyl sites for hydroxylation is 1. The number of nitrogens with one attached hydrogen (secondary N) is 1. The first kappa shape index (κ1) is 15.6. The minimum absolute atomic E-state index is 0.157. The van der Waals surface area contributed by atoms with Gasteiger partial charge in [-0.05, 0) is 29.1 Å². The van der Waals surface area contributed by atoms with Crippen LogP contribution in [-0.4, -0.2) is 26.6 Å². The van der Waals surface area contributed by atoms with Gasteiger partial charge < -0.3 is 14.6 Å². The number of anilines is 1. The zero-order chi connectivity index (χ0) is 17.2. The van der Waals surface area contributed by atoms with E-state index in [4.69, 9.17) is 4.74 Å². The first-order chi connectivity index (χ1) is 12.3. The van der Waals surface area contributed by atoms with Crippen LogP contribution < -0.4 is 10.1 Å². The lowest BCUT2D eigenvalue weighted by Crippen LogP contribution is -2.17. The number of hydrogen-bond donors (Lipinski definition) is 1. The van der Waals surface area contributed by atoms with Gasteiger partial charge >= 0.3 is 0 Å². The molecule has 0 saturated heterocycles. The zero-order valence-corrected chi connectivity index (χ0v) is 14.7.